The first-order valence-electron chi connectivity index (χ1n) is 13.6. The van der Waals surface area contributed by atoms with Gasteiger partial charge in [0.05, 0.1) is 0 Å². The summed E-state index contributed by atoms with van der Waals surface area (Å²) >= 11 is 0. The summed E-state index contributed by atoms with van der Waals surface area (Å²) in [6.07, 6.45) is 6.44. The monoisotopic (exact) mass is 489 g/mol. The Morgan fingerprint density at radius 2 is 1.80 bits per heavy atom. The predicted molar refractivity (Wildman–Crippen MR) is 130 cm³/mol. The number of nitrogens with one attached hydrogen (secondary N) is 1. The van der Waals surface area contributed by atoms with E-state index in [-0.39, 0.29) is 35.2 Å². The lowest BCUT2D eigenvalue weighted by atomic mass is 9.45. The molecule has 4 saturated carbocycles. The fourth-order valence-electron chi connectivity index (χ4n) is 7.87. The summed E-state index contributed by atoms with van der Waals surface area (Å²) in [5.74, 6) is 1.52. The van der Waals surface area contributed by atoms with E-state index in [1.54, 1.807) is 20.8 Å². The molecule has 0 heterocycles. The van der Waals surface area contributed by atoms with E-state index >= 15 is 0 Å². The Morgan fingerprint density at radius 3 is 2.51 bits per heavy atom. The van der Waals surface area contributed by atoms with Gasteiger partial charge in [0.25, 0.3) is 0 Å². The highest BCUT2D eigenvalue weighted by atomic mass is 16.6. The number of hydrogen-bond acceptors (Lipinski definition) is 6. The molecule has 0 saturated heterocycles. The van der Waals surface area contributed by atoms with Gasteiger partial charge in [-0.25, -0.2) is 4.79 Å². The minimum absolute atomic E-state index is 0.0623. The second-order valence-corrected chi connectivity index (χ2v) is 12.9. The molecule has 0 aliphatic heterocycles. The minimum atomic E-state index is -0.555. The van der Waals surface area contributed by atoms with Gasteiger partial charge in [-0.1, -0.05) is 13.8 Å². The molecular weight excluding hydrogens is 446 g/mol. The average Bonchev–Trinajstić information content (AvgIpc) is 3.06. The molecule has 0 radical (unpaired) electrons. The van der Waals surface area contributed by atoms with Crippen molar-refractivity contribution in [2.24, 2.45) is 34.5 Å². The highest BCUT2D eigenvalue weighted by Crippen LogP contribution is 2.64. The number of hydrogen-bond donors (Lipinski definition) is 1. The van der Waals surface area contributed by atoms with Gasteiger partial charge in [-0.15, -0.1) is 0 Å². The predicted octanol–water partition coefficient (Wildman–Crippen LogP) is 4.99. The first-order chi connectivity index (χ1) is 16.3. The molecule has 4 aliphatic rings. The van der Waals surface area contributed by atoms with Crippen LogP contribution in [0.2, 0.25) is 0 Å². The summed E-state index contributed by atoms with van der Waals surface area (Å²) in [6, 6.07) is 0. The summed E-state index contributed by atoms with van der Waals surface area (Å²) in [5.41, 5.74) is -0.843. The molecule has 196 valence electrons. The van der Waals surface area contributed by atoms with E-state index in [0.29, 0.717) is 61.5 Å². The van der Waals surface area contributed by atoms with Crippen LogP contribution < -0.4 is 5.32 Å². The Bertz CT molecular complexity index is 877. The zero-order valence-corrected chi connectivity index (χ0v) is 22.1. The van der Waals surface area contributed by atoms with Crippen LogP contribution in [-0.2, 0) is 23.9 Å². The van der Waals surface area contributed by atoms with Gasteiger partial charge < -0.3 is 14.8 Å². The SMILES string of the molecule is CC(C)(C)OC(=O)NCCCC(=O)O[C@H]1CC[C@@]2(C)C(C1)C(=O)C[C@@H]1[C@@H]2CC[C@]2(C)C(=O)CC[C@@H]12. The summed E-state index contributed by atoms with van der Waals surface area (Å²) < 4.78 is 11.0. The van der Waals surface area contributed by atoms with Crippen LogP contribution >= 0.6 is 0 Å². The molecule has 1 amide bonds. The number of Topliss-reactive ketones (excluding diaryl/α,β-unsaturated/α-hetero) is 2. The molecule has 7 atom stereocenters. The van der Waals surface area contributed by atoms with Crippen molar-refractivity contribution in [3.8, 4) is 0 Å². The van der Waals surface area contributed by atoms with E-state index in [4.69, 9.17) is 9.47 Å². The molecule has 4 fully saturated rings. The maximum Gasteiger partial charge on any atom is 0.407 e. The molecule has 7 heteroatoms. The number of amides is 1. The highest BCUT2D eigenvalue weighted by Gasteiger charge is 2.62. The van der Waals surface area contributed by atoms with Crippen LogP contribution in [0.3, 0.4) is 0 Å². The third kappa shape index (κ3) is 5.15. The van der Waals surface area contributed by atoms with Crippen molar-refractivity contribution in [2.75, 3.05) is 6.54 Å². The number of rotatable bonds is 5. The quantitative estimate of drug-likeness (QED) is 0.431. The second-order valence-electron chi connectivity index (χ2n) is 12.9. The maximum absolute atomic E-state index is 13.4. The van der Waals surface area contributed by atoms with E-state index in [2.05, 4.69) is 19.2 Å². The third-order valence-electron chi connectivity index (χ3n) is 9.64. The van der Waals surface area contributed by atoms with Crippen LogP contribution in [0.4, 0.5) is 4.79 Å². The lowest BCUT2D eigenvalue weighted by Gasteiger charge is -2.59. The van der Waals surface area contributed by atoms with Gasteiger partial charge >= 0.3 is 12.1 Å². The summed E-state index contributed by atoms with van der Waals surface area (Å²) in [5, 5.41) is 2.66. The molecule has 35 heavy (non-hydrogen) atoms. The van der Waals surface area contributed by atoms with Crippen molar-refractivity contribution in [3.05, 3.63) is 0 Å². The van der Waals surface area contributed by atoms with Crippen LogP contribution in [0, 0.1) is 34.5 Å². The Morgan fingerprint density at radius 1 is 1.06 bits per heavy atom. The van der Waals surface area contributed by atoms with E-state index in [0.717, 1.165) is 32.1 Å². The zero-order chi connectivity index (χ0) is 25.6. The van der Waals surface area contributed by atoms with Gasteiger partial charge in [0, 0.05) is 37.1 Å². The van der Waals surface area contributed by atoms with E-state index < -0.39 is 11.7 Å². The molecule has 4 rings (SSSR count). The van der Waals surface area contributed by atoms with Crippen molar-refractivity contribution in [2.45, 2.75) is 111 Å². The fourth-order valence-corrected chi connectivity index (χ4v) is 7.87. The van der Waals surface area contributed by atoms with E-state index in [1.807, 2.05) is 0 Å². The number of carbonyl (C=O) groups excluding carboxylic acids is 4. The maximum atomic E-state index is 13.4. The van der Waals surface area contributed by atoms with E-state index in [1.165, 1.54) is 0 Å². The molecule has 0 aromatic rings. The van der Waals surface area contributed by atoms with Gasteiger partial charge in [0.15, 0.2) is 0 Å². The van der Waals surface area contributed by atoms with Gasteiger partial charge in [-0.2, -0.15) is 0 Å². The summed E-state index contributed by atoms with van der Waals surface area (Å²) in [4.78, 5) is 50.2. The van der Waals surface area contributed by atoms with Crippen molar-refractivity contribution < 1.29 is 28.7 Å². The molecular formula is C28H43NO6. The first kappa shape index (κ1) is 26.2. The highest BCUT2D eigenvalue weighted by molar-refractivity contribution is 5.88. The van der Waals surface area contributed by atoms with Crippen LogP contribution in [-0.4, -0.2) is 41.9 Å². The van der Waals surface area contributed by atoms with Crippen molar-refractivity contribution in [3.63, 3.8) is 0 Å². The zero-order valence-electron chi connectivity index (χ0n) is 22.1. The molecule has 0 aromatic heterocycles. The Balaban J connectivity index is 1.28. The van der Waals surface area contributed by atoms with E-state index in [9.17, 15) is 19.2 Å². The first-order valence-corrected chi connectivity index (χ1v) is 13.6. The third-order valence-corrected chi connectivity index (χ3v) is 9.64. The minimum Gasteiger partial charge on any atom is -0.462 e. The average molecular weight is 490 g/mol. The Kier molecular flexibility index (Phi) is 7.11. The largest absolute Gasteiger partial charge is 0.462 e. The number of carbonyl (C=O) groups is 4. The van der Waals surface area contributed by atoms with Gasteiger partial charge in [0.1, 0.15) is 23.3 Å². The lowest BCUT2D eigenvalue weighted by Crippen LogP contribution is -2.57. The Labute approximate surface area is 209 Å². The van der Waals surface area contributed by atoms with Crippen LogP contribution in [0.15, 0.2) is 0 Å². The fraction of sp³-hybridized carbons (Fsp3) is 0.857. The standard InChI is InChI=1S/C28H43NO6/c1-26(2,3)35-25(33)29-14-6-7-24(32)34-17-10-12-27(4)20-11-13-28(5)19(8-9-23(28)31)18(20)16-22(30)21(27)15-17/h17-21H,6-16H2,1-5H3,(H,29,33)/t17-,18-,19-,20-,21?,27+,28-/m0/s1. The number of alkyl carbamates (subject to hydrolysis) is 1. The van der Waals surface area contributed by atoms with Gasteiger partial charge in [0.2, 0.25) is 0 Å². The molecule has 4 aliphatic carbocycles. The second kappa shape index (κ2) is 9.51. The molecule has 1 unspecified atom stereocenters. The van der Waals surface area contributed by atoms with Crippen molar-refractivity contribution in [1.82, 2.24) is 5.32 Å². The number of ether oxygens (including phenoxy) is 2. The Hall–Kier alpha value is -1.92. The molecule has 1 N–H and O–H groups in total. The molecule has 7 nitrogen and oxygen atoms in total. The number of ketones is 2. The van der Waals surface area contributed by atoms with Crippen molar-refractivity contribution >= 4 is 23.6 Å². The van der Waals surface area contributed by atoms with Crippen LogP contribution in [0.1, 0.15) is 98.8 Å². The lowest BCUT2D eigenvalue weighted by molar-refractivity contribution is -0.170. The molecule has 0 aromatic carbocycles. The topological polar surface area (TPSA) is 98.8 Å². The summed E-state index contributed by atoms with van der Waals surface area (Å²) in [6.45, 7) is 10.2. The molecule has 0 spiro atoms. The molecule has 0 bridgehead atoms. The smallest absolute Gasteiger partial charge is 0.407 e. The van der Waals surface area contributed by atoms with Gasteiger partial charge in [-0.3, -0.25) is 14.4 Å². The normalized spacial score (nSPS) is 38.7. The summed E-state index contributed by atoms with van der Waals surface area (Å²) in [7, 11) is 0. The number of fused-ring (bicyclic) bond motifs is 5. The van der Waals surface area contributed by atoms with Crippen molar-refractivity contribution in [1.29, 1.82) is 0 Å². The van der Waals surface area contributed by atoms with Crippen LogP contribution in [0.25, 0.3) is 0 Å². The number of esters is 1. The van der Waals surface area contributed by atoms with Crippen LogP contribution in [0.5, 0.6) is 0 Å². The van der Waals surface area contributed by atoms with Gasteiger partial charge in [-0.05, 0) is 88.9 Å².